The summed E-state index contributed by atoms with van der Waals surface area (Å²) in [5.41, 5.74) is 0.744. The fourth-order valence-corrected chi connectivity index (χ4v) is 1.71. The van der Waals surface area contributed by atoms with E-state index >= 15 is 0 Å². The monoisotopic (exact) mass is 234 g/mol. The van der Waals surface area contributed by atoms with E-state index in [9.17, 15) is 4.79 Å². The maximum atomic E-state index is 11.7. The van der Waals surface area contributed by atoms with Crippen LogP contribution in [0.4, 0.5) is 10.8 Å². The third kappa shape index (κ3) is 2.34. The smallest absolute Gasteiger partial charge is 0.286 e. The zero-order valence-corrected chi connectivity index (χ0v) is 9.41. The second kappa shape index (κ2) is 4.71. The number of hydrogen-bond donors (Lipinski definition) is 2. The molecule has 1 heterocycles. The van der Waals surface area contributed by atoms with Crippen molar-refractivity contribution in [3.05, 3.63) is 35.3 Å². The van der Waals surface area contributed by atoms with Crippen molar-refractivity contribution in [3.63, 3.8) is 0 Å². The third-order valence-corrected chi connectivity index (χ3v) is 2.80. The van der Waals surface area contributed by atoms with Gasteiger partial charge in [-0.15, -0.1) is 10.2 Å². The van der Waals surface area contributed by atoms with E-state index in [2.05, 4.69) is 20.8 Å². The highest BCUT2D eigenvalue weighted by molar-refractivity contribution is 7.17. The summed E-state index contributed by atoms with van der Waals surface area (Å²) in [4.78, 5) is 11.7. The summed E-state index contributed by atoms with van der Waals surface area (Å²) in [6.45, 7) is 0. The van der Waals surface area contributed by atoms with Gasteiger partial charge in [-0.2, -0.15) is 0 Å². The van der Waals surface area contributed by atoms with Gasteiger partial charge in [0.25, 0.3) is 5.91 Å². The van der Waals surface area contributed by atoms with Crippen molar-refractivity contribution in [2.24, 2.45) is 0 Å². The predicted octanol–water partition coefficient (Wildman–Crippen LogP) is 1.83. The SMILES string of the molecule is CNc1nnc(C(=O)Nc2ccccc2)s1. The quantitative estimate of drug-likeness (QED) is 0.850. The molecule has 0 atom stereocenters. The largest absolute Gasteiger partial charge is 0.363 e. The van der Waals surface area contributed by atoms with Gasteiger partial charge in [0, 0.05) is 12.7 Å². The number of hydrogen-bond acceptors (Lipinski definition) is 5. The Bertz CT molecular complexity index is 483. The number of carbonyl (C=O) groups excluding carboxylic acids is 1. The highest BCUT2D eigenvalue weighted by Crippen LogP contribution is 2.15. The van der Waals surface area contributed by atoms with E-state index in [4.69, 9.17) is 0 Å². The van der Waals surface area contributed by atoms with Gasteiger partial charge in [0.1, 0.15) is 0 Å². The van der Waals surface area contributed by atoms with Crippen molar-refractivity contribution in [3.8, 4) is 0 Å². The van der Waals surface area contributed by atoms with Crippen LogP contribution in [0.15, 0.2) is 30.3 Å². The summed E-state index contributed by atoms with van der Waals surface area (Å²) < 4.78 is 0. The van der Waals surface area contributed by atoms with Gasteiger partial charge in [0.15, 0.2) is 0 Å². The molecule has 0 aliphatic heterocycles. The number of amides is 1. The summed E-state index contributed by atoms with van der Waals surface area (Å²) in [5.74, 6) is -0.245. The number of aromatic nitrogens is 2. The number of nitrogens with zero attached hydrogens (tertiary/aromatic N) is 2. The second-order valence-electron chi connectivity index (χ2n) is 2.98. The van der Waals surface area contributed by atoms with Crippen LogP contribution in [-0.2, 0) is 0 Å². The molecule has 2 rings (SSSR count). The topological polar surface area (TPSA) is 66.9 Å². The molecule has 2 aromatic rings. The third-order valence-electron chi connectivity index (χ3n) is 1.86. The number of nitrogens with one attached hydrogen (secondary N) is 2. The van der Waals surface area contributed by atoms with Gasteiger partial charge in [-0.25, -0.2) is 0 Å². The number of carbonyl (C=O) groups is 1. The first-order chi connectivity index (χ1) is 7.79. The second-order valence-corrected chi connectivity index (χ2v) is 3.96. The maximum Gasteiger partial charge on any atom is 0.286 e. The molecule has 16 heavy (non-hydrogen) atoms. The van der Waals surface area contributed by atoms with Crippen molar-refractivity contribution in [1.29, 1.82) is 0 Å². The fourth-order valence-electron chi connectivity index (χ4n) is 1.12. The Morgan fingerprint density at radius 3 is 2.62 bits per heavy atom. The van der Waals surface area contributed by atoms with Crippen LogP contribution in [-0.4, -0.2) is 23.2 Å². The Labute approximate surface area is 96.5 Å². The minimum atomic E-state index is -0.245. The minimum absolute atomic E-state index is 0.245. The van der Waals surface area contributed by atoms with E-state index in [0.29, 0.717) is 10.1 Å². The molecular weight excluding hydrogens is 224 g/mol. The van der Waals surface area contributed by atoms with E-state index < -0.39 is 0 Å². The molecule has 0 spiro atoms. The lowest BCUT2D eigenvalue weighted by molar-refractivity contribution is 0.102. The molecule has 0 aliphatic rings. The number of rotatable bonds is 3. The van der Waals surface area contributed by atoms with Crippen molar-refractivity contribution in [2.45, 2.75) is 0 Å². The van der Waals surface area contributed by atoms with E-state index in [-0.39, 0.29) is 5.91 Å². The molecule has 0 saturated heterocycles. The van der Waals surface area contributed by atoms with Gasteiger partial charge >= 0.3 is 0 Å². The molecule has 1 aromatic carbocycles. The Morgan fingerprint density at radius 1 is 1.25 bits per heavy atom. The predicted molar refractivity (Wildman–Crippen MR) is 63.9 cm³/mol. The zero-order chi connectivity index (χ0) is 11.4. The molecule has 0 fully saturated rings. The van der Waals surface area contributed by atoms with Crippen LogP contribution in [0.25, 0.3) is 0 Å². The Balaban J connectivity index is 2.09. The highest BCUT2D eigenvalue weighted by atomic mass is 32.1. The fraction of sp³-hybridized carbons (Fsp3) is 0.100. The average Bonchev–Trinajstić information content (AvgIpc) is 2.79. The summed E-state index contributed by atoms with van der Waals surface area (Å²) in [7, 11) is 1.74. The molecule has 0 unspecified atom stereocenters. The van der Waals surface area contributed by atoms with E-state index in [1.165, 1.54) is 11.3 Å². The van der Waals surface area contributed by atoms with Crippen LogP contribution in [0, 0.1) is 0 Å². The van der Waals surface area contributed by atoms with E-state index in [0.717, 1.165) is 5.69 Å². The first kappa shape index (κ1) is 10.6. The molecule has 0 saturated carbocycles. The van der Waals surface area contributed by atoms with Crippen molar-refractivity contribution in [1.82, 2.24) is 10.2 Å². The van der Waals surface area contributed by atoms with Gasteiger partial charge < -0.3 is 10.6 Å². The summed E-state index contributed by atoms with van der Waals surface area (Å²) in [5, 5.41) is 14.1. The first-order valence-electron chi connectivity index (χ1n) is 4.67. The van der Waals surface area contributed by atoms with Crippen molar-refractivity contribution >= 4 is 28.1 Å². The molecule has 0 radical (unpaired) electrons. The van der Waals surface area contributed by atoms with Gasteiger partial charge in [0.2, 0.25) is 10.1 Å². The molecule has 1 aromatic heterocycles. The summed E-state index contributed by atoms with van der Waals surface area (Å²) in [6.07, 6.45) is 0. The van der Waals surface area contributed by atoms with Crippen LogP contribution in [0.1, 0.15) is 9.80 Å². The van der Waals surface area contributed by atoms with Crippen LogP contribution >= 0.6 is 11.3 Å². The Morgan fingerprint density at radius 2 is 2.00 bits per heavy atom. The first-order valence-corrected chi connectivity index (χ1v) is 5.49. The molecule has 0 aliphatic carbocycles. The molecular formula is C10H10N4OS. The lowest BCUT2D eigenvalue weighted by Gasteiger charge is -2.00. The van der Waals surface area contributed by atoms with Crippen LogP contribution in [0.3, 0.4) is 0 Å². The van der Waals surface area contributed by atoms with Crippen LogP contribution < -0.4 is 10.6 Å². The normalized spacial score (nSPS) is 9.81. The lowest BCUT2D eigenvalue weighted by Crippen LogP contribution is -2.11. The summed E-state index contributed by atoms with van der Waals surface area (Å²) in [6, 6.07) is 9.24. The van der Waals surface area contributed by atoms with Crippen molar-refractivity contribution < 1.29 is 4.79 Å². The molecule has 82 valence electrons. The van der Waals surface area contributed by atoms with Gasteiger partial charge in [-0.1, -0.05) is 29.5 Å². The van der Waals surface area contributed by atoms with Crippen LogP contribution in [0.2, 0.25) is 0 Å². The highest BCUT2D eigenvalue weighted by Gasteiger charge is 2.11. The van der Waals surface area contributed by atoms with Gasteiger partial charge in [-0.3, -0.25) is 4.79 Å². The maximum absolute atomic E-state index is 11.7. The molecule has 1 amide bonds. The van der Waals surface area contributed by atoms with Crippen molar-refractivity contribution in [2.75, 3.05) is 17.7 Å². The number of anilines is 2. The average molecular weight is 234 g/mol. The molecule has 6 heteroatoms. The molecule has 0 bridgehead atoms. The summed E-state index contributed by atoms with van der Waals surface area (Å²) >= 11 is 1.21. The Kier molecular flexibility index (Phi) is 3.11. The minimum Gasteiger partial charge on any atom is -0.363 e. The number of para-hydroxylation sites is 1. The Hall–Kier alpha value is -1.95. The zero-order valence-electron chi connectivity index (χ0n) is 8.60. The lowest BCUT2D eigenvalue weighted by atomic mass is 10.3. The molecule has 2 N–H and O–H groups in total. The van der Waals surface area contributed by atoms with E-state index in [1.54, 1.807) is 7.05 Å². The van der Waals surface area contributed by atoms with Gasteiger partial charge in [-0.05, 0) is 12.1 Å². The van der Waals surface area contributed by atoms with Gasteiger partial charge in [0.05, 0.1) is 0 Å². The standard InChI is InChI=1S/C10H10N4OS/c1-11-10-14-13-9(16-10)8(15)12-7-5-3-2-4-6-7/h2-6H,1H3,(H,11,14)(H,12,15). The van der Waals surface area contributed by atoms with Crippen LogP contribution in [0.5, 0.6) is 0 Å². The van der Waals surface area contributed by atoms with E-state index in [1.807, 2.05) is 30.3 Å². The number of benzene rings is 1. The molecule has 5 nitrogen and oxygen atoms in total.